The monoisotopic (exact) mass is 198 g/mol. The minimum Gasteiger partial charge on any atom is -0.399 e. The Labute approximate surface area is 81.9 Å². The number of amides is 1. The van der Waals surface area contributed by atoms with Crippen LogP contribution in [-0.2, 0) is 4.79 Å². The molecule has 13 heavy (non-hydrogen) atoms. The van der Waals surface area contributed by atoms with Crippen LogP contribution in [0.2, 0.25) is 0 Å². The maximum absolute atomic E-state index is 11.1. The molecule has 3 N–H and O–H groups in total. The Morgan fingerprint density at radius 2 is 2.31 bits per heavy atom. The average Bonchev–Trinajstić information content (AvgIpc) is 2.04. The minimum absolute atomic E-state index is 0.229. The van der Waals surface area contributed by atoms with Crippen LogP contribution in [0.4, 0.5) is 11.4 Å². The van der Waals surface area contributed by atoms with E-state index in [0.717, 1.165) is 0 Å². The molecule has 1 rings (SSSR count). The predicted octanol–water partition coefficient (Wildman–Crippen LogP) is 1.83. The van der Waals surface area contributed by atoms with Gasteiger partial charge in [-0.25, -0.2) is 0 Å². The highest BCUT2D eigenvalue weighted by molar-refractivity contribution is 6.32. The van der Waals surface area contributed by atoms with Gasteiger partial charge in [-0.3, -0.25) is 4.79 Å². The molecule has 0 heterocycles. The molecule has 0 aliphatic carbocycles. The normalized spacial score (nSPS) is 12.2. The summed E-state index contributed by atoms with van der Waals surface area (Å²) in [4.78, 5) is 11.1. The van der Waals surface area contributed by atoms with Crippen molar-refractivity contribution in [3.05, 3.63) is 24.3 Å². The molecule has 0 radical (unpaired) electrons. The number of alkyl halides is 1. The van der Waals surface area contributed by atoms with Gasteiger partial charge in [0.1, 0.15) is 5.38 Å². The quantitative estimate of drug-likeness (QED) is 0.563. The number of carbonyl (C=O) groups excluding carboxylic acids is 1. The van der Waals surface area contributed by atoms with Gasteiger partial charge < -0.3 is 11.1 Å². The Bertz CT molecular complexity index is 312. The molecule has 1 unspecified atom stereocenters. The van der Waals surface area contributed by atoms with E-state index in [1.807, 2.05) is 0 Å². The summed E-state index contributed by atoms with van der Waals surface area (Å²) in [7, 11) is 0. The maximum atomic E-state index is 11.1. The Hall–Kier alpha value is -1.22. The summed E-state index contributed by atoms with van der Waals surface area (Å²) >= 11 is 5.57. The zero-order chi connectivity index (χ0) is 9.84. The van der Waals surface area contributed by atoms with Crippen LogP contribution in [0.25, 0.3) is 0 Å². The van der Waals surface area contributed by atoms with E-state index >= 15 is 0 Å². The first-order valence-corrected chi connectivity index (χ1v) is 4.33. The number of rotatable bonds is 2. The van der Waals surface area contributed by atoms with Gasteiger partial charge in [-0.15, -0.1) is 11.6 Å². The Morgan fingerprint density at radius 1 is 1.62 bits per heavy atom. The van der Waals surface area contributed by atoms with Gasteiger partial charge >= 0.3 is 0 Å². The van der Waals surface area contributed by atoms with Crippen LogP contribution in [0.1, 0.15) is 6.92 Å². The number of anilines is 2. The molecule has 0 fully saturated rings. The van der Waals surface area contributed by atoms with Crippen molar-refractivity contribution in [3.8, 4) is 0 Å². The van der Waals surface area contributed by atoms with Crippen molar-refractivity contribution >= 4 is 28.9 Å². The van der Waals surface area contributed by atoms with Gasteiger partial charge in [-0.05, 0) is 25.1 Å². The van der Waals surface area contributed by atoms with Crippen LogP contribution < -0.4 is 11.1 Å². The lowest BCUT2D eigenvalue weighted by Gasteiger charge is -2.06. The van der Waals surface area contributed by atoms with Crippen LogP contribution in [0.5, 0.6) is 0 Å². The van der Waals surface area contributed by atoms with E-state index in [2.05, 4.69) is 5.32 Å². The number of hydrogen-bond donors (Lipinski definition) is 2. The first-order valence-electron chi connectivity index (χ1n) is 3.90. The number of benzene rings is 1. The van der Waals surface area contributed by atoms with E-state index in [9.17, 15) is 4.79 Å². The second kappa shape index (κ2) is 4.14. The zero-order valence-electron chi connectivity index (χ0n) is 7.25. The Balaban J connectivity index is 2.69. The van der Waals surface area contributed by atoms with Crippen LogP contribution in [0.15, 0.2) is 24.3 Å². The van der Waals surface area contributed by atoms with Crippen molar-refractivity contribution in [2.45, 2.75) is 12.3 Å². The lowest BCUT2D eigenvalue weighted by Crippen LogP contribution is -2.20. The molecule has 0 aliphatic rings. The summed E-state index contributed by atoms with van der Waals surface area (Å²) in [6.07, 6.45) is 0. The fraction of sp³-hybridized carbons (Fsp3) is 0.222. The third-order valence-electron chi connectivity index (χ3n) is 1.52. The van der Waals surface area contributed by atoms with Gasteiger partial charge in [0.05, 0.1) is 0 Å². The van der Waals surface area contributed by atoms with Crippen LogP contribution in [-0.4, -0.2) is 11.3 Å². The molecule has 0 aromatic heterocycles. The SMILES string of the molecule is CC(Cl)C(=O)Nc1cccc(N)c1. The van der Waals surface area contributed by atoms with Crippen molar-refractivity contribution in [1.29, 1.82) is 0 Å². The number of carbonyl (C=O) groups is 1. The molecule has 0 saturated carbocycles. The second-order valence-corrected chi connectivity index (χ2v) is 3.39. The standard InChI is InChI=1S/C9H11ClN2O/c1-6(10)9(13)12-8-4-2-3-7(11)5-8/h2-6H,11H2,1H3,(H,12,13). The van der Waals surface area contributed by atoms with Crippen LogP contribution >= 0.6 is 11.6 Å². The Kier molecular flexibility index (Phi) is 3.14. The van der Waals surface area contributed by atoms with Crippen molar-refractivity contribution in [3.63, 3.8) is 0 Å². The summed E-state index contributed by atoms with van der Waals surface area (Å²) in [5.74, 6) is -0.229. The van der Waals surface area contributed by atoms with Gasteiger partial charge in [0.15, 0.2) is 0 Å². The first-order chi connectivity index (χ1) is 6.09. The van der Waals surface area contributed by atoms with Crippen molar-refractivity contribution < 1.29 is 4.79 Å². The molecule has 4 heteroatoms. The molecule has 0 aliphatic heterocycles. The van der Waals surface area contributed by atoms with E-state index in [1.54, 1.807) is 31.2 Å². The van der Waals surface area contributed by atoms with Crippen molar-refractivity contribution in [2.24, 2.45) is 0 Å². The highest BCUT2D eigenvalue weighted by atomic mass is 35.5. The molecular weight excluding hydrogens is 188 g/mol. The van der Waals surface area contributed by atoms with E-state index in [0.29, 0.717) is 11.4 Å². The number of halogens is 1. The lowest BCUT2D eigenvalue weighted by molar-refractivity contribution is -0.115. The van der Waals surface area contributed by atoms with Gasteiger partial charge in [0.25, 0.3) is 0 Å². The van der Waals surface area contributed by atoms with Gasteiger partial charge in [0.2, 0.25) is 5.91 Å². The maximum Gasteiger partial charge on any atom is 0.242 e. The summed E-state index contributed by atoms with van der Waals surface area (Å²) in [6.45, 7) is 1.61. The molecule has 0 bridgehead atoms. The third-order valence-corrected chi connectivity index (χ3v) is 1.71. The summed E-state index contributed by atoms with van der Waals surface area (Å²) < 4.78 is 0. The van der Waals surface area contributed by atoms with Crippen LogP contribution in [0.3, 0.4) is 0 Å². The molecular formula is C9H11ClN2O. The van der Waals surface area contributed by atoms with Gasteiger partial charge in [-0.1, -0.05) is 6.07 Å². The van der Waals surface area contributed by atoms with Crippen molar-refractivity contribution in [2.75, 3.05) is 11.1 Å². The van der Waals surface area contributed by atoms with E-state index in [-0.39, 0.29) is 5.91 Å². The molecule has 70 valence electrons. The molecule has 1 amide bonds. The van der Waals surface area contributed by atoms with E-state index < -0.39 is 5.38 Å². The predicted molar refractivity (Wildman–Crippen MR) is 54.8 cm³/mol. The van der Waals surface area contributed by atoms with Gasteiger partial charge in [0, 0.05) is 11.4 Å². The Morgan fingerprint density at radius 3 is 2.85 bits per heavy atom. The number of nitrogens with one attached hydrogen (secondary N) is 1. The highest BCUT2D eigenvalue weighted by Gasteiger charge is 2.08. The zero-order valence-corrected chi connectivity index (χ0v) is 8.01. The molecule has 1 atom stereocenters. The largest absolute Gasteiger partial charge is 0.399 e. The van der Waals surface area contributed by atoms with E-state index in [4.69, 9.17) is 17.3 Å². The highest BCUT2D eigenvalue weighted by Crippen LogP contribution is 2.12. The number of nitrogens with two attached hydrogens (primary N) is 1. The fourth-order valence-electron chi connectivity index (χ4n) is 0.858. The molecule has 1 aromatic carbocycles. The summed E-state index contributed by atoms with van der Waals surface area (Å²) in [5.41, 5.74) is 6.80. The molecule has 0 saturated heterocycles. The summed E-state index contributed by atoms with van der Waals surface area (Å²) in [5, 5.41) is 2.09. The fourth-order valence-corrected chi connectivity index (χ4v) is 0.913. The topological polar surface area (TPSA) is 55.1 Å². The molecule has 1 aromatic rings. The summed E-state index contributed by atoms with van der Waals surface area (Å²) in [6, 6.07) is 6.95. The smallest absolute Gasteiger partial charge is 0.242 e. The van der Waals surface area contributed by atoms with Gasteiger partial charge in [-0.2, -0.15) is 0 Å². The lowest BCUT2D eigenvalue weighted by atomic mass is 10.3. The molecule has 3 nitrogen and oxygen atoms in total. The minimum atomic E-state index is -0.540. The van der Waals surface area contributed by atoms with Crippen molar-refractivity contribution in [1.82, 2.24) is 0 Å². The second-order valence-electron chi connectivity index (χ2n) is 2.73. The first kappa shape index (κ1) is 9.86. The average molecular weight is 199 g/mol. The van der Waals surface area contributed by atoms with E-state index in [1.165, 1.54) is 0 Å². The molecule has 0 spiro atoms. The third kappa shape index (κ3) is 2.95. The van der Waals surface area contributed by atoms with Crippen LogP contribution in [0, 0.1) is 0 Å². The number of nitrogen functional groups attached to an aromatic ring is 1. The number of hydrogen-bond acceptors (Lipinski definition) is 2.